The van der Waals surface area contributed by atoms with Crippen LogP contribution in [0, 0.1) is 16.0 Å². The summed E-state index contributed by atoms with van der Waals surface area (Å²) >= 11 is 0. The third-order valence-electron chi connectivity index (χ3n) is 5.61. The summed E-state index contributed by atoms with van der Waals surface area (Å²) in [6, 6.07) is 7.16. The molecule has 0 saturated heterocycles. The fraction of sp³-hybridized carbons (Fsp3) is 0.520. The van der Waals surface area contributed by atoms with Crippen LogP contribution in [0.1, 0.15) is 76.2 Å². The second kappa shape index (κ2) is 14.6. The number of allylic oxidation sites excluding steroid dienone is 4. The highest BCUT2D eigenvalue weighted by Crippen LogP contribution is 2.25. The van der Waals surface area contributed by atoms with E-state index in [2.05, 4.69) is 5.32 Å². The number of hydrogen-bond donors (Lipinski definition) is 1. The zero-order chi connectivity index (χ0) is 20.6. The Morgan fingerprint density at radius 3 is 1.72 bits per heavy atom. The van der Waals surface area contributed by atoms with Gasteiger partial charge in [-0.3, -0.25) is 10.1 Å². The first-order valence-corrected chi connectivity index (χ1v) is 11.2. The van der Waals surface area contributed by atoms with Crippen molar-refractivity contribution in [2.45, 2.75) is 77.0 Å². The summed E-state index contributed by atoms with van der Waals surface area (Å²) in [6.45, 7) is 0. The van der Waals surface area contributed by atoms with Crippen LogP contribution in [0.5, 0.6) is 0 Å². The van der Waals surface area contributed by atoms with Gasteiger partial charge < -0.3 is 5.32 Å². The Labute approximate surface area is 175 Å². The van der Waals surface area contributed by atoms with Gasteiger partial charge in [0.05, 0.1) is 4.92 Å². The van der Waals surface area contributed by atoms with Crippen molar-refractivity contribution in [3.63, 3.8) is 0 Å². The van der Waals surface area contributed by atoms with E-state index in [1.165, 1.54) is 76.2 Å². The molecule has 1 heterocycles. The third-order valence-corrected chi connectivity index (χ3v) is 5.61. The monoisotopic (exact) mass is 396 g/mol. The van der Waals surface area contributed by atoms with Crippen molar-refractivity contribution in [2.75, 3.05) is 0 Å². The highest BCUT2D eigenvalue weighted by atomic mass is 16.6. The number of nitro groups is 1. The van der Waals surface area contributed by atoms with Crippen LogP contribution in [0.25, 0.3) is 0 Å². The Kier molecular flexibility index (Phi) is 11.6. The standard InChI is InChI=1S/C19H29NO2.C6H7N/c21-20(22)19-14-12-18(13-15-19)16-17-10-8-6-4-2-1-3-5-7-9-11-17;1-2-4-6-7-5-3-1/h12-15,17H,1-11,16H2;1-7H. The first-order valence-electron chi connectivity index (χ1n) is 11.2. The van der Waals surface area contributed by atoms with Crippen LogP contribution >= 0.6 is 0 Å². The van der Waals surface area contributed by atoms with E-state index in [0.29, 0.717) is 0 Å². The summed E-state index contributed by atoms with van der Waals surface area (Å²) in [6.07, 6.45) is 27.8. The first kappa shape index (κ1) is 22.9. The van der Waals surface area contributed by atoms with Gasteiger partial charge in [-0.25, -0.2) is 0 Å². The van der Waals surface area contributed by atoms with Gasteiger partial charge in [0, 0.05) is 24.5 Å². The second-order valence-corrected chi connectivity index (χ2v) is 8.02. The molecule has 0 bridgehead atoms. The number of nitro benzene ring substituents is 1. The molecule has 4 nitrogen and oxygen atoms in total. The molecular weight excluding hydrogens is 360 g/mol. The molecule has 158 valence electrons. The van der Waals surface area contributed by atoms with Gasteiger partial charge in [-0.1, -0.05) is 94.9 Å². The highest BCUT2D eigenvalue weighted by Gasteiger charge is 2.12. The van der Waals surface area contributed by atoms with E-state index in [-0.39, 0.29) is 10.6 Å². The van der Waals surface area contributed by atoms with Crippen LogP contribution in [-0.2, 0) is 6.42 Å². The van der Waals surface area contributed by atoms with Crippen molar-refractivity contribution < 1.29 is 4.92 Å². The van der Waals surface area contributed by atoms with Crippen molar-refractivity contribution in [1.82, 2.24) is 5.32 Å². The molecule has 1 aromatic carbocycles. The zero-order valence-corrected chi connectivity index (χ0v) is 17.6. The van der Waals surface area contributed by atoms with Gasteiger partial charge in [-0.2, -0.15) is 0 Å². The maximum atomic E-state index is 10.7. The fourth-order valence-electron chi connectivity index (χ4n) is 3.95. The Morgan fingerprint density at radius 2 is 1.24 bits per heavy atom. The van der Waals surface area contributed by atoms with Crippen molar-refractivity contribution in [3.8, 4) is 0 Å². The maximum absolute atomic E-state index is 10.7. The third kappa shape index (κ3) is 10.7. The van der Waals surface area contributed by atoms with Crippen LogP contribution in [0.15, 0.2) is 61.0 Å². The number of nitrogens with one attached hydrogen (secondary N) is 1. The van der Waals surface area contributed by atoms with E-state index in [4.69, 9.17) is 0 Å². The summed E-state index contributed by atoms with van der Waals surface area (Å²) in [7, 11) is 0. The lowest BCUT2D eigenvalue weighted by Gasteiger charge is -2.18. The summed E-state index contributed by atoms with van der Waals surface area (Å²) in [4.78, 5) is 10.4. The van der Waals surface area contributed by atoms with Crippen LogP contribution in [0.2, 0.25) is 0 Å². The Balaban J connectivity index is 0.000000360. The zero-order valence-electron chi connectivity index (χ0n) is 17.6. The van der Waals surface area contributed by atoms with Gasteiger partial charge in [0.1, 0.15) is 0 Å². The summed E-state index contributed by atoms with van der Waals surface area (Å²) in [5.74, 6) is 0.751. The Morgan fingerprint density at radius 1 is 0.759 bits per heavy atom. The molecule has 1 N–H and O–H groups in total. The average Bonchev–Trinajstić information content (AvgIpc) is 3.04. The lowest BCUT2D eigenvalue weighted by atomic mass is 9.88. The normalized spacial score (nSPS) is 18.3. The molecule has 0 radical (unpaired) electrons. The molecule has 29 heavy (non-hydrogen) atoms. The lowest BCUT2D eigenvalue weighted by Crippen LogP contribution is -2.06. The van der Waals surface area contributed by atoms with Crippen LogP contribution < -0.4 is 5.32 Å². The number of rotatable bonds is 3. The van der Waals surface area contributed by atoms with Crippen molar-refractivity contribution in [1.29, 1.82) is 0 Å². The molecule has 0 aromatic heterocycles. The minimum Gasteiger partial charge on any atom is -0.368 e. The average molecular weight is 397 g/mol. The molecule has 1 saturated carbocycles. The van der Waals surface area contributed by atoms with E-state index in [9.17, 15) is 10.1 Å². The predicted molar refractivity (Wildman–Crippen MR) is 122 cm³/mol. The first-order chi connectivity index (χ1) is 14.3. The highest BCUT2D eigenvalue weighted by molar-refractivity contribution is 5.33. The van der Waals surface area contributed by atoms with E-state index >= 15 is 0 Å². The van der Waals surface area contributed by atoms with Crippen molar-refractivity contribution in [3.05, 3.63) is 76.6 Å². The van der Waals surface area contributed by atoms with Crippen LogP contribution in [0.3, 0.4) is 0 Å². The molecule has 0 amide bonds. The number of hydrogen-bond acceptors (Lipinski definition) is 3. The molecule has 1 aliphatic heterocycles. The van der Waals surface area contributed by atoms with Gasteiger partial charge >= 0.3 is 0 Å². The molecule has 3 rings (SSSR count). The molecule has 1 fully saturated rings. The minimum atomic E-state index is -0.320. The summed E-state index contributed by atoms with van der Waals surface area (Å²) in [5.41, 5.74) is 1.45. The fourth-order valence-corrected chi connectivity index (χ4v) is 3.95. The van der Waals surface area contributed by atoms with E-state index in [0.717, 1.165) is 12.3 Å². The van der Waals surface area contributed by atoms with Gasteiger partial charge in [-0.15, -0.1) is 0 Å². The summed E-state index contributed by atoms with van der Waals surface area (Å²) < 4.78 is 0. The predicted octanol–water partition coefficient (Wildman–Crippen LogP) is 7.23. The lowest BCUT2D eigenvalue weighted by molar-refractivity contribution is -0.384. The van der Waals surface area contributed by atoms with E-state index in [1.54, 1.807) is 12.1 Å². The molecule has 0 atom stereocenters. The number of benzene rings is 1. The molecule has 0 unspecified atom stereocenters. The van der Waals surface area contributed by atoms with Crippen molar-refractivity contribution in [2.24, 2.45) is 5.92 Å². The smallest absolute Gasteiger partial charge is 0.269 e. The summed E-state index contributed by atoms with van der Waals surface area (Å²) in [5, 5.41) is 13.6. The SMILES string of the molecule is C1=CC=CNC=C1.O=[N+]([O-])c1ccc(CC2CCCCCCCCCCC2)cc1. The molecular formula is C25H36N2O2. The molecule has 4 heteroatoms. The van der Waals surface area contributed by atoms with E-state index in [1.807, 2.05) is 48.8 Å². The maximum Gasteiger partial charge on any atom is 0.269 e. The largest absolute Gasteiger partial charge is 0.368 e. The molecule has 2 aliphatic rings. The Hall–Kier alpha value is -2.36. The Bertz CT molecular complexity index is 636. The topological polar surface area (TPSA) is 55.2 Å². The van der Waals surface area contributed by atoms with Gasteiger partial charge in [0.15, 0.2) is 0 Å². The van der Waals surface area contributed by atoms with Gasteiger partial charge in [0.25, 0.3) is 5.69 Å². The van der Waals surface area contributed by atoms with Crippen LogP contribution in [-0.4, -0.2) is 4.92 Å². The number of nitrogens with zero attached hydrogens (tertiary/aromatic N) is 1. The molecule has 1 aromatic rings. The minimum absolute atomic E-state index is 0.197. The van der Waals surface area contributed by atoms with Crippen LogP contribution in [0.4, 0.5) is 5.69 Å². The quantitative estimate of drug-likeness (QED) is 0.433. The van der Waals surface area contributed by atoms with Gasteiger partial charge in [0.2, 0.25) is 0 Å². The van der Waals surface area contributed by atoms with Crippen molar-refractivity contribution >= 4 is 5.69 Å². The second-order valence-electron chi connectivity index (χ2n) is 8.02. The number of non-ortho nitro benzene ring substituents is 1. The van der Waals surface area contributed by atoms with Gasteiger partial charge in [-0.05, 0) is 30.1 Å². The molecule has 1 aliphatic carbocycles. The van der Waals surface area contributed by atoms with E-state index < -0.39 is 0 Å². The molecule has 0 spiro atoms.